The van der Waals surface area contributed by atoms with Crippen LogP contribution in [0.3, 0.4) is 0 Å². The summed E-state index contributed by atoms with van der Waals surface area (Å²) in [4.78, 5) is 24.5. The molecule has 1 heterocycles. The molecule has 2 N–H and O–H groups in total. The summed E-state index contributed by atoms with van der Waals surface area (Å²) in [7, 11) is 0. The van der Waals surface area contributed by atoms with Gasteiger partial charge in [-0.05, 0) is 56.3 Å². The minimum absolute atomic E-state index is 0.132. The minimum Gasteiger partial charge on any atom is -0.355 e. The highest BCUT2D eigenvalue weighted by atomic mass is 32.1. The molecule has 23 heavy (non-hydrogen) atoms. The molecule has 1 aromatic heterocycles. The molecule has 0 aliphatic heterocycles. The largest absolute Gasteiger partial charge is 0.355 e. The van der Waals surface area contributed by atoms with Crippen LogP contribution in [0.2, 0.25) is 0 Å². The van der Waals surface area contributed by atoms with E-state index in [0.29, 0.717) is 11.7 Å². The lowest BCUT2D eigenvalue weighted by molar-refractivity contribution is -0.146. The second kappa shape index (κ2) is 5.85. The maximum Gasteiger partial charge on any atom is 0.227 e. The summed E-state index contributed by atoms with van der Waals surface area (Å²) in [6.07, 6.45) is 7.44. The normalized spacial score (nSPS) is 34.3. The number of carbonyl (C=O) groups excluding carboxylic acids is 2. The highest BCUT2D eigenvalue weighted by Gasteiger charge is 2.54. The molecule has 124 valence electrons. The van der Waals surface area contributed by atoms with E-state index in [0.717, 1.165) is 37.0 Å². The molecule has 0 unspecified atom stereocenters. The van der Waals surface area contributed by atoms with Crippen LogP contribution in [0.4, 0.5) is 5.13 Å². The van der Waals surface area contributed by atoms with Crippen LogP contribution in [0, 0.1) is 23.2 Å². The number of hydrogen-bond donors (Lipinski definition) is 2. The van der Waals surface area contributed by atoms with E-state index in [1.54, 1.807) is 5.51 Å². The first-order valence-corrected chi connectivity index (χ1v) is 9.35. The van der Waals surface area contributed by atoms with Crippen molar-refractivity contribution in [3.63, 3.8) is 0 Å². The average molecular weight is 334 g/mol. The summed E-state index contributed by atoms with van der Waals surface area (Å²) in [5.41, 5.74) is 1.44. The van der Waals surface area contributed by atoms with Crippen molar-refractivity contribution in [1.82, 2.24) is 15.5 Å². The number of nitrogens with one attached hydrogen (secondary N) is 2. The smallest absolute Gasteiger partial charge is 0.227 e. The Bertz CT molecular complexity index is 566. The van der Waals surface area contributed by atoms with Crippen LogP contribution in [0.1, 0.15) is 44.9 Å². The molecule has 4 aliphatic rings. The number of amides is 2. The van der Waals surface area contributed by atoms with Crippen molar-refractivity contribution in [3.05, 3.63) is 5.51 Å². The van der Waals surface area contributed by atoms with Gasteiger partial charge in [0.1, 0.15) is 5.51 Å². The minimum atomic E-state index is -0.134. The number of carbonyl (C=O) groups is 2. The van der Waals surface area contributed by atoms with Gasteiger partial charge < -0.3 is 10.6 Å². The van der Waals surface area contributed by atoms with Crippen LogP contribution in [-0.2, 0) is 9.59 Å². The standard InChI is InChI=1S/C16H22N4O2S/c21-13(19-15-20-18-9-23-15)1-2-17-14(22)16-6-10-3-11(7-16)5-12(4-10)8-16/h9-12H,1-8H2,(H,17,22)(H,19,20,21). The molecule has 2 amide bonds. The molecule has 0 atom stereocenters. The molecule has 4 bridgehead atoms. The Morgan fingerprint density at radius 2 is 1.83 bits per heavy atom. The second-order valence-electron chi connectivity index (χ2n) is 7.50. The third-order valence-corrected chi connectivity index (χ3v) is 6.37. The van der Waals surface area contributed by atoms with Gasteiger partial charge >= 0.3 is 0 Å². The average Bonchev–Trinajstić information content (AvgIpc) is 2.98. The van der Waals surface area contributed by atoms with Crippen molar-refractivity contribution in [3.8, 4) is 0 Å². The molecular weight excluding hydrogens is 312 g/mol. The number of hydrogen-bond acceptors (Lipinski definition) is 5. The van der Waals surface area contributed by atoms with E-state index in [1.807, 2.05) is 0 Å². The zero-order chi connectivity index (χ0) is 15.9. The topological polar surface area (TPSA) is 84.0 Å². The monoisotopic (exact) mass is 334 g/mol. The van der Waals surface area contributed by atoms with Crippen molar-refractivity contribution in [2.24, 2.45) is 23.2 Å². The Kier molecular flexibility index (Phi) is 3.83. The molecule has 0 radical (unpaired) electrons. The summed E-state index contributed by atoms with van der Waals surface area (Å²) in [5, 5.41) is 13.7. The van der Waals surface area contributed by atoms with E-state index < -0.39 is 0 Å². The van der Waals surface area contributed by atoms with Gasteiger partial charge in [0, 0.05) is 18.4 Å². The van der Waals surface area contributed by atoms with Crippen LogP contribution in [0.5, 0.6) is 0 Å². The highest BCUT2D eigenvalue weighted by Crippen LogP contribution is 2.60. The van der Waals surface area contributed by atoms with E-state index >= 15 is 0 Å². The molecule has 4 aliphatic carbocycles. The van der Waals surface area contributed by atoms with E-state index in [4.69, 9.17) is 0 Å². The molecule has 7 heteroatoms. The van der Waals surface area contributed by atoms with Crippen molar-refractivity contribution in [1.29, 1.82) is 0 Å². The maximum atomic E-state index is 12.7. The van der Waals surface area contributed by atoms with Crippen LogP contribution in [0.25, 0.3) is 0 Å². The zero-order valence-electron chi connectivity index (χ0n) is 13.1. The molecule has 6 nitrogen and oxygen atoms in total. The van der Waals surface area contributed by atoms with Gasteiger partial charge in [-0.3, -0.25) is 9.59 Å². The van der Waals surface area contributed by atoms with E-state index in [1.165, 1.54) is 30.6 Å². The Morgan fingerprint density at radius 1 is 1.17 bits per heavy atom. The molecule has 1 aromatic rings. The van der Waals surface area contributed by atoms with Crippen LogP contribution in [0.15, 0.2) is 5.51 Å². The fourth-order valence-corrected chi connectivity index (χ4v) is 5.74. The Hall–Kier alpha value is -1.50. The third-order valence-electron chi connectivity index (χ3n) is 5.76. The lowest BCUT2D eigenvalue weighted by atomic mass is 9.49. The maximum absolute atomic E-state index is 12.7. The first-order valence-electron chi connectivity index (χ1n) is 8.47. The first kappa shape index (κ1) is 15.1. The van der Waals surface area contributed by atoms with Gasteiger partial charge in [0.25, 0.3) is 0 Å². The van der Waals surface area contributed by atoms with Crippen LogP contribution >= 0.6 is 11.3 Å². The Labute approximate surface area is 139 Å². The lowest BCUT2D eigenvalue weighted by Gasteiger charge is -2.55. The summed E-state index contributed by atoms with van der Waals surface area (Å²) in [5.74, 6) is 2.32. The van der Waals surface area contributed by atoms with E-state index in [2.05, 4.69) is 20.8 Å². The number of anilines is 1. The van der Waals surface area contributed by atoms with Gasteiger partial charge in [-0.25, -0.2) is 0 Å². The highest BCUT2D eigenvalue weighted by molar-refractivity contribution is 7.13. The first-order chi connectivity index (χ1) is 11.1. The predicted octanol–water partition coefficient (Wildman–Crippen LogP) is 2.20. The van der Waals surface area contributed by atoms with Crippen LogP contribution in [-0.4, -0.2) is 28.6 Å². The molecule has 4 saturated carbocycles. The van der Waals surface area contributed by atoms with E-state index in [-0.39, 0.29) is 23.7 Å². The fourth-order valence-electron chi connectivity index (χ4n) is 5.28. The van der Waals surface area contributed by atoms with Gasteiger partial charge in [0.2, 0.25) is 16.9 Å². The third kappa shape index (κ3) is 2.98. The summed E-state index contributed by atoms with van der Waals surface area (Å²) in [6, 6.07) is 0. The summed E-state index contributed by atoms with van der Waals surface area (Å²) >= 11 is 1.29. The van der Waals surface area contributed by atoms with Crippen molar-refractivity contribution < 1.29 is 9.59 Å². The second-order valence-corrected chi connectivity index (χ2v) is 8.33. The van der Waals surface area contributed by atoms with Crippen LogP contribution < -0.4 is 10.6 Å². The van der Waals surface area contributed by atoms with Crippen molar-refractivity contribution >= 4 is 28.3 Å². The van der Waals surface area contributed by atoms with Crippen molar-refractivity contribution in [2.75, 3.05) is 11.9 Å². The lowest BCUT2D eigenvalue weighted by Crippen LogP contribution is -2.53. The fraction of sp³-hybridized carbons (Fsp3) is 0.750. The molecule has 0 spiro atoms. The van der Waals surface area contributed by atoms with Gasteiger partial charge in [0.15, 0.2) is 0 Å². The number of nitrogens with zero attached hydrogens (tertiary/aromatic N) is 2. The Balaban J connectivity index is 1.28. The number of rotatable bonds is 5. The van der Waals surface area contributed by atoms with Gasteiger partial charge in [-0.15, -0.1) is 10.2 Å². The Morgan fingerprint density at radius 3 is 2.39 bits per heavy atom. The van der Waals surface area contributed by atoms with Crippen molar-refractivity contribution in [2.45, 2.75) is 44.9 Å². The molecule has 5 rings (SSSR count). The number of aromatic nitrogens is 2. The SMILES string of the molecule is O=C(CCNC(=O)C12CC3CC(CC(C3)C1)C2)Nc1nncs1. The van der Waals surface area contributed by atoms with E-state index in [9.17, 15) is 9.59 Å². The summed E-state index contributed by atoms with van der Waals surface area (Å²) < 4.78 is 0. The van der Waals surface area contributed by atoms with Gasteiger partial charge in [-0.2, -0.15) is 0 Å². The molecule has 0 saturated heterocycles. The van der Waals surface area contributed by atoms with Gasteiger partial charge in [-0.1, -0.05) is 11.3 Å². The molecule has 0 aromatic carbocycles. The zero-order valence-corrected chi connectivity index (χ0v) is 13.9. The van der Waals surface area contributed by atoms with Gasteiger partial charge in [0.05, 0.1) is 0 Å². The predicted molar refractivity (Wildman–Crippen MR) is 86.8 cm³/mol. The molecule has 4 fully saturated rings. The quantitative estimate of drug-likeness (QED) is 0.864. The molecular formula is C16H22N4O2S. The summed E-state index contributed by atoms with van der Waals surface area (Å²) in [6.45, 7) is 0.394.